The Kier molecular flexibility index (Phi) is 2.80. The topological polar surface area (TPSA) is 37.9 Å². The third-order valence-corrected chi connectivity index (χ3v) is 1.21. The van der Waals surface area contributed by atoms with Gasteiger partial charge in [-0.15, -0.1) is 0 Å². The highest BCUT2D eigenvalue weighted by atomic mass is 16.5. The quantitative estimate of drug-likeness (QED) is 0.645. The SMILES string of the molecule is CCCCOc1ncc[nH]1. The fourth-order valence-electron chi connectivity index (χ4n) is 0.643. The lowest BCUT2D eigenvalue weighted by molar-refractivity contribution is 0.288. The zero-order chi connectivity index (χ0) is 7.23. The Labute approximate surface area is 60.4 Å². The van der Waals surface area contributed by atoms with Gasteiger partial charge in [-0.3, -0.25) is 0 Å². The van der Waals surface area contributed by atoms with Crippen molar-refractivity contribution in [2.45, 2.75) is 19.8 Å². The van der Waals surface area contributed by atoms with Crippen LogP contribution in [0.15, 0.2) is 12.4 Å². The molecular weight excluding hydrogens is 128 g/mol. The molecule has 0 aliphatic carbocycles. The van der Waals surface area contributed by atoms with Crippen LogP contribution in [0.2, 0.25) is 0 Å². The minimum absolute atomic E-state index is 0.619. The maximum Gasteiger partial charge on any atom is 0.293 e. The summed E-state index contributed by atoms with van der Waals surface area (Å²) in [4.78, 5) is 6.77. The number of H-pyrrole nitrogens is 1. The fraction of sp³-hybridized carbons (Fsp3) is 0.571. The van der Waals surface area contributed by atoms with E-state index in [1.54, 1.807) is 12.4 Å². The largest absolute Gasteiger partial charge is 0.465 e. The molecule has 0 amide bonds. The van der Waals surface area contributed by atoms with E-state index in [9.17, 15) is 0 Å². The average Bonchev–Trinajstić information content (AvgIpc) is 2.41. The number of rotatable bonds is 4. The van der Waals surface area contributed by atoms with E-state index >= 15 is 0 Å². The number of unbranched alkanes of at least 4 members (excludes halogenated alkanes) is 1. The summed E-state index contributed by atoms with van der Waals surface area (Å²) >= 11 is 0. The fourth-order valence-corrected chi connectivity index (χ4v) is 0.643. The Morgan fingerprint density at radius 2 is 2.60 bits per heavy atom. The highest BCUT2D eigenvalue weighted by Crippen LogP contribution is 1.99. The van der Waals surface area contributed by atoms with E-state index in [1.165, 1.54) is 0 Å². The number of aromatic nitrogens is 2. The van der Waals surface area contributed by atoms with Crippen LogP contribution in [0.3, 0.4) is 0 Å². The summed E-state index contributed by atoms with van der Waals surface area (Å²) in [5.41, 5.74) is 0. The number of ether oxygens (including phenoxy) is 1. The van der Waals surface area contributed by atoms with Gasteiger partial charge >= 0.3 is 0 Å². The van der Waals surface area contributed by atoms with Crippen LogP contribution in [0.4, 0.5) is 0 Å². The molecule has 0 fully saturated rings. The van der Waals surface area contributed by atoms with Crippen LogP contribution in [0.1, 0.15) is 19.8 Å². The van der Waals surface area contributed by atoms with Crippen LogP contribution in [0.5, 0.6) is 6.01 Å². The molecule has 10 heavy (non-hydrogen) atoms. The van der Waals surface area contributed by atoms with Gasteiger partial charge in [-0.05, 0) is 6.42 Å². The van der Waals surface area contributed by atoms with Crippen LogP contribution >= 0.6 is 0 Å². The molecular formula is C7H12N2O. The van der Waals surface area contributed by atoms with Crippen molar-refractivity contribution in [1.29, 1.82) is 0 Å². The third-order valence-electron chi connectivity index (χ3n) is 1.21. The van der Waals surface area contributed by atoms with E-state index in [-0.39, 0.29) is 0 Å². The van der Waals surface area contributed by atoms with Gasteiger partial charge in [0, 0.05) is 12.4 Å². The molecule has 3 heteroatoms. The zero-order valence-electron chi connectivity index (χ0n) is 6.13. The van der Waals surface area contributed by atoms with E-state index in [4.69, 9.17) is 4.74 Å². The first-order valence-corrected chi connectivity index (χ1v) is 3.55. The summed E-state index contributed by atoms with van der Waals surface area (Å²) in [5.74, 6) is 0. The van der Waals surface area contributed by atoms with Gasteiger partial charge in [-0.1, -0.05) is 13.3 Å². The summed E-state index contributed by atoms with van der Waals surface area (Å²) in [5, 5.41) is 0. The molecule has 0 atom stereocenters. The number of aromatic amines is 1. The Morgan fingerprint density at radius 3 is 3.20 bits per heavy atom. The van der Waals surface area contributed by atoms with E-state index in [2.05, 4.69) is 16.9 Å². The van der Waals surface area contributed by atoms with Gasteiger partial charge in [0.1, 0.15) is 0 Å². The Bertz CT molecular complexity index is 160. The van der Waals surface area contributed by atoms with Gasteiger partial charge in [-0.25, -0.2) is 4.98 Å². The van der Waals surface area contributed by atoms with Crippen molar-refractivity contribution in [1.82, 2.24) is 9.97 Å². The van der Waals surface area contributed by atoms with Crippen molar-refractivity contribution in [2.24, 2.45) is 0 Å². The lowest BCUT2D eigenvalue weighted by Crippen LogP contribution is -1.97. The van der Waals surface area contributed by atoms with Gasteiger partial charge in [0.05, 0.1) is 6.61 Å². The molecule has 0 saturated heterocycles. The molecule has 0 aliphatic rings. The number of hydrogen-bond donors (Lipinski definition) is 1. The molecule has 56 valence electrons. The van der Waals surface area contributed by atoms with Gasteiger partial charge in [0.25, 0.3) is 6.01 Å². The maximum atomic E-state index is 5.22. The third kappa shape index (κ3) is 2.09. The molecule has 1 N–H and O–H groups in total. The van der Waals surface area contributed by atoms with E-state index in [1.807, 2.05) is 0 Å². The minimum Gasteiger partial charge on any atom is -0.465 e. The van der Waals surface area contributed by atoms with Crippen molar-refractivity contribution in [3.05, 3.63) is 12.4 Å². The van der Waals surface area contributed by atoms with Crippen molar-refractivity contribution in [2.75, 3.05) is 6.61 Å². The summed E-state index contributed by atoms with van der Waals surface area (Å²) in [6.45, 7) is 2.88. The number of nitrogens with one attached hydrogen (secondary N) is 1. The predicted octanol–water partition coefficient (Wildman–Crippen LogP) is 1.59. The molecule has 1 rings (SSSR count). The van der Waals surface area contributed by atoms with Gasteiger partial charge in [0.15, 0.2) is 0 Å². The number of hydrogen-bond acceptors (Lipinski definition) is 2. The number of nitrogens with zero attached hydrogens (tertiary/aromatic N) is 1. The second kappa shape index (κ2) is 3.93. The first kappa shape index (κ1) is 7.12. The van der Waals surface area contributed by atoms with Crippen LogP contribution in [-0.2, 0) is 0 Å². The Balaban J connectivity index is 2.15. The molecule has 1 aromatic heterocycles. The Morgan fingerprint density at radius 1 is 1.70 bits per heavy atom. The van der Waals surface area contributed by atoms with Crippen LogP contribution in [-0.4, -0.2) is 16.6 Å². The van der Waals surface area contributed by atoms with Crippen LogP contribution in [0.25, 0.3) is 0 Å². The standard InChI is InChI=1S/C7H12N2O/c1-2-3-6-10-7-8-4-5-9-7/h4-5H,2-3,6H2,1H3,(H,8,9). The second-order valence-electron chi connectivity index (χ2n) is 2.10. The molecule has 0 aromatic carbocycles. The van der Waals surface area contributed by atoms with Crippen LogP contribution in [0, 0.1) is 0 Å². The first-order chi connectivity index (χ1) is 4.93. The molecule has 0 unspecified atom stereocenters. The lowest BCUT2D eigenvalue weighted by atomic mass is 10.4. The summed E-state index contributed by atoms with van der Waals surface area (Å²) < 4.78 is 5.22. The van der Waals surface area contributed by atoms with Crippen molar-refractivity contribution < 1.29 is 4.74 Å². The van der Waals surface area contributed by atoms with E-state index in [0.717, 1.165) is 19.4 Å². The summed E-state index contributed by atoms with van der Waals surface area (Å²) in [6, 6.07) is 0.619. The smallest absolute Gasteiger partial charge is 0.293 e. The van der Waals surface area contributed by atoms with Crippen LogP contribution < -0.4 is 4.74 Å². The first-order valence-electron chi connectivity index (χ1n) is 3.55. The molecule has 0 saturated carbocycles. The van der Waals surface area contributed by atoms with Gasteiger partial charge in [-0.2, -0.15) is 0 Å². The molecule has 0 radical (unpaired) electrons. The second-order valence-corrected chi connectivity index (χ2v) is 2.10. The molecule has 3 nitrogen and oxygen atoms in total. The molecule has 0 bridgehead atoms. The molecule has 1 aromatic rings. The maximum absolute atomic E-state index is 5.22. The highest BCUT2D eigenvalue weighted by Gasteiger charge is 1.91. The van der Waals surface area contributed by atoms with Crippen molar-refractivity contribution >= 4 is 0 Å². The zero-order valence-corrected chi connectivity index (χ0v) is 6.13. The van der Waals surface area contributed by atoms with Crippen molar-refractivity contribution in [3.63, 3.8) is 0 Å². The van der Waals surface area contributed by atoms with Gasteiger partial charge < -0.3 is 9.72 Å². The Hall–Kier alpha value is -0.990. The lowest BCUT2D eigenvalue weighted by Gasteiger charge is -1.98. The summed E-state index contributed by atoms with van der Waals surface area (Å²) in [6.07, 6.45) is 5.67. The highest BCUT2D eigenvalue weighted by molar-refractivity contribution is 4.91. The molecule has 0 aliphatic heterocycles. The van der Waals surface area contributed by atoms with E-state index in [0.29, 0.717) is 6.01 Å². The van der Waals surface area contributed by atoms with Crippen molar-refractivity contribution in [3.8, 4) is 6.01 Å². The average molecular weight is 140 g/mol. The van der Waals surface area contributed by atoms with Gasteiger partial charge in [0.2, 0.25) is 0 Å². The summed E-state index contributed by atoms with van der Waals surface area (Å²) in [7, 11) is 0. The molecule has 1 heterocycles. The molecule has 0 spiro atoms. The normalized spacial score (nSPS) is 9.70. The number of imidazole rings is 1. The predicted molar refractivity (Wildman–Crippen MR) is 39.0 cm³/mol. The minimum atomic E-state index is 0.619. The monoisotopic (exact) mass is 140 g/mol. The van der Waals surface area contributed by atoms with E-state index < -0.39 is 0 Å².